The smallest absolute Gasteiger partial charge is 0.328 e. The molecule has 0 radical (unpaired) electrons. The average molecular weight is 369 g/mol. The maximum absolute atomic E-state index is 9.55. The molecule has 0 bridgehead atoms. The number of halogens is 1. The molecule has 0 fully saturated rings. The Labute approximate surface area is 136 Å². The van der Waals surface area contributed by atoms with Crippen LogP contribution in [0.5, 0.6) is 0 Å². The van der Waals surface area contributed by atoms with Crippen molar-refractivity contribution < 1.29 is 19.8 Å². The first-order chi connectivity index (χ1) is 10.3. The van der Waals surface area contributed by atoms with Gasteiger partial charge in [0.05, 0.1) is 0 Å². The molecule has 0 aliphatic rings. The molecule has 6 nitrogen and oxygen atoms in total. The number of fused-ring (bicyclic) bond motifs is 1. The number of hydrogen-bond acceptors (Lipinski definition) is 3. The molecule has 22 heavy (non-hydrogen) atoms. The van der Waals surface area contributed by atoms with Gasteiger partial charge in [-0.25, -0.2) is 9.59 Å². The number of nitrogens with two attached hydrogens (primary N) is 1. The van der Waals surface area contributed by atoms with E-state index in [0.717, 1.165) is 11.0 Å². The lowest BCUT2D eigenvalue weighted by Gasteiger charge is -2.08. The van der Waals surface area contributed by atoms with Crippen LogP contribution in [0.3, 0.4) is 0 Å². The van der Waals surface area contributed by atoms with E-state index in [1.165, 1.54) is 10.9 Å². The molecular formula is C15H17BrN2O4. The van der Waals surface area contributed by atoms with Gasteiger partial charge in [-0.1, -0.05) is 15.9 Å². The summed E-state index contributed by atoms with van der Waals surface area (Å²) in [6.07, 6.45) is 3.20. The van der Waals surface area contributed by atoms with Crippen molar-refractivity contribution in [2.45, 2.75) is 19.5 Å². The van der Waals surface area contributed by atoms with Crippen LogP contribution in [0, 0.1) is 0 Å². The Bertz CT molecular complexity index is 676. The van der Waals surface area contributed by atoms with Crippen molar-refractivity contribution in [3.63, 3.8) is 0 Å². The third-order valence-corrected chi connectivity index (χ3v) is 3.08. The summed E-state index contributed by atoms with van der Waals surface area (Å²) < 4.78 is 3.30. The molecule has 1 aromatic carbocycles. The van der Waals surface area contributed by atoms with Gasteiger partial charge in [0, 0.05) is 46.3 Å². The van der Waals surface area contributed by atoms with Gasteiger partial charge in [0.15, 0.2) is 0 Å². The number of hydrogen-bond donors (Lipinski definition) is 3. The van der Waals surface area contributed by atoms with Crippen LogP contribution in [0.15, 0.2) is 47.1 Å². The van der Waals surface area contributed by atoms with E-state index in [-0.39, 0.29) is 6.04 Å². The van der Waals surface area contributed by atoms with E-state index in [0.29, 0.717) is 12.2 Å². The van der Waals surface area contributed by atoms with Crippen LogP contribution in [0.4, 0.5) is 0 Å². The van der Waals surface area contributed by atoms with E-state index < -0.39 is 11.9 Å². The summed E-state index contributed by atoms with van der Waals surface area (Å²) in [5.41, 5.74) is 7.02. The van der Waals surface area contributed by atoms with E-state index in [4.69, 9.17) is 15.9 Å². The van der Waals surface area contributed by atoms with Gasteiger partial charge in [-0.2, -0.15) is 0 Å². The zero-order valence-corrected chi connectivity index (χ0v) is 13.5. The van der Waals surface area contributed by atoms with Crippen LogP contribution in [-0.4, -0.2) is 32.8 Å². The summed E-state index contributed by atoms with van der Waals surface area (Å²) in [6, 6.07) is 8.59. The lowest BCUT2D eigenvalue weighted by molar-refractivity contribution is -0.134. The number of aromatic nitrogens is 1. The van der Waals surface area contributed by atoms with Gasteiger partial charge in [-0.15, -0.1) is 0 Å². The minimum Gasteiger partial charge on any atom is -0.478 e. The van der Waals surface area contributed by atoms with E-state index >= 15 is 0 Å². The molecule has 2 aromatic rings. The van der Waals surface area contributed by atoms with Gasteiger partial charge in [0.1, 0.15) is 0 Å². The molecule has 1 atom stereocenters. The Morgan fingerprint density at radius 1 is 1.27 bits per heavy atom. The Morgan fingerprint density at radius 3 is 2.36 bits per heavy atom. The summed E-state index contributed by atoms with van der Waals surface area (Å²) in [6.45, 7) is 2.88. The van der Waals surface area contributed by atoms with Crippen LogP contribution in [0.1, 0.15) is 6.92 Å². The maximum Gasteiger partial charge on any atom is 0.328 e. The van der Waals surface area contributed by atoms with Gasteiger partial charge in [0.25, 0.3) is 0 Å². The summed E-state index contributed by atoms with van der Waals surface area (Å²) >= 11 is 3.46. The van der Waals surface area contributed by atoms with Crippen molar-refractivity contribution >= 4 is 38.8 Å². The molecule has 118 valence electrons. The van der Waals surface area contributed by atoms with Crippen LogP contribution >= 0.6 is 15.9 Å². The zero-order valence-electron chi connectivity index (χ0n) is 11.9. The summed E-state index contributed by atoms with van der Waals surface area (Å²) in [5.74, 6) is -2.51. The molecular weight excluding hydrogens is 352 g/mol. The molecule has 0 saturated heterocycles. The van der Waals surface area contributed by atoms with Crippen molar-refractivity contribution in [1.82, 2.24) is 4.57 Å². The summed E-state index contributed by atoms with van der Waals surface area (Å²) in [4.78, 5) is 19.1. The number of rotatable bonds is 4. The SMILES string of the molecule is CC(N)Cn1ccc2cc(Br)ccc21.O=C(O)C=CC(=O)O. The average Bonchev–Trinajstić information content (AvgIpc) is 2.78. The Hall–Kier alpha value is -2.12. The molecule has 0 aliphatic carbocycles. The number of carboxylic acid groups (broad SMARTS) is 2. The van der Waals surface area contributed by atoms with Gasteiger partial charge in [0.2, 0.25) is 0 Å². The molecule has 1 heterocycles. The first-order valence-corrected chi connectivity index (χ1v) is 7.23. The highest BCUT2D eigenvalue weighted by molar-refractivity contribution is 9.10. The van der Waals surface area contributed by atoms with Crippen molar-refractivity contribution in [2.75, 3.05) is 0 Å². The first-order valence-electron chi connectivity index (χ1n) is 6.43. The molecule has 2 rings (SSSR count). The molecule has 7 heteroatoms. The standard InChI is InChI=1S/C11H13BrN2.C4H4O4/c1-8(13)7-14-5-4-9-6-10(12)2-3-11(9)14;5-3(6)1-2-4(7)8/h2-6,8H,7,13H2,1H3;1-2H,(H,5,6)(H,7,8). The van der Waals surface area contributed by atoms with Gasteiger partial charge in [-0.05, 0) is 31.2 Å². The van der Waals surface area contributed by atoms with E-state index in [1.807, 2.05) is 6.92 Å². The second-order valence-corrected chi connectivity index (χ2v) is 5.57. The molecule has 0 saturated carbocycles. The van der Waals surface area contributed by atoms with Crippen LogP contribution < -0.4 is 5.73 Å². The second-order valence-electron chi connectivity index (χ2n) is 4.66. The molecule has 4 N–H and O–H groups in total. The number of carboxylic acids is 2. The minimum absolute atomic E-state index is 0.189. The highest BCUT2D eigenvalue weighted by Crippen LogP contribution is 2.20. The van der Waals surface area contributed by atoms with Crippen molar-refractivity contribution in [3.05, 3.63) is 47.1 Å². The molecule has 1 aromatic heterocycles. The van der Waals surface area contributed by atoms with E-state index in [2.05, 4.69) is 51.0 Å². The molecule has 0 aliphatic heterocycles. The first kappa shape index (κ1) is 17.9. The topological polar surface area (TPSA) is 106 Å². The van der Waals surface area contributed by atoms with Crippen LogP contribution in [-0.2, 0) is 16.1 Å². The third-order valence-electron chi connectivity index (χ3n) is 2.59. The van der Waals surface area contributed by atoms with Crippen LogP contribution in [0.25, 0.3) is 10.9 Å². The van der Waals surface area contributed by atoms with Gasteiger partial charge in [-0.3, -0.25) is 0 Å². The van der Waals surface area contributed by atoms with E-state index in [1.54, 1.807) is 0 Å². The highest BCUT2D eigenvalue weighted by Gasteiger charge is 2.02. The largest absolute Gasteiger partial charge is 0.478 e. The fourth-order valence-electron chi connectivity index (χ4n) is 1.78. The molecule has 0 amide bonds. The van der Waals surface area contributed by atoms with Crippen molar-refractivity contribution in [3.8, 4) is 0 Å². The Morgan fingerprint density at radius 2 is 1.86 bits per heavy atom. The molecule has 0 spiro atoms. The lowest BCUT2D eigenvalue weighted by Crippen LogP contribution is -2.21. The number of aliphatic carboxylic acids is 2. The lowest BCUT2D eigenvalue weighted by atomic mass is 10.2. The predicted molar refractivity (Wildman–Crippen MR) is 87.7 cm³/mol. The van der Waals surface area contributed by atoms with Gasteiger partial charge >= 0.3 is 11.9 Å². The maximum atomic E-state index is 9.55. The predicted octanol–water partition coefficient (Wildman–Crippen LogP) is 2.46. The quantitative estimate of drug-likeness (QED) is 0.718. The Balaban J connectivity index is 0.000000261. The number of benzene rings is 1. The van der Waals surface area contributed by atoms with Gasteiger partial charge < -0.3 is 20.5 Å². The number of nitrogens with zero attached hydrogens (tertiary/aromatic N) is 1. The monoisotopic (exact) mass is 368 g/mol. The third kappa shape index (κ3) is 6.11. The van der Waals surface area contributed by atoms with Crippen molar-refractivity contribution in [2.24, 2.45) is 5.73 Å². The fraction of sp³-hybridized carbons (Fsp3) is 0.200. The Kier molecular flexibility index (Phi) is 6.81. The second kappa shape index (κ2) is 8.35. The van der Waals surface area contributed by atoms with Crippen molar-refractivity contribution in [1.29, 1.82) is 0 Å². The summed E-state index contributed by atoms with van der Waals surface area (Å²) in [7, 11) is 0. The zero-order chi connectivity index (χ0) is 16.7. The fourth-order valence-corrected chi connectivity index (χ4v) is 2.16. The summed E-state index contributed by atoms with van der Waals surface area (Å²) in [5, 5.41) is 16.9. The van der Waals surface area contributed by atoms with E-state index in [9.17, 15) is 9.59 Å². The van der Waals surface area contributed by atoms with Crippen LogP contribution in [0.2, 0.25) is 0 Å². The molecule has 1 unspecified atom stereocenters. The normalized spacial score (nSPS) is 12.0. The number of carbonyl (C=O) groups is 2. The highest BCUT2D eigenvalue weighted by atomic mass is 79.9. The minimum atomic E-state index is -1.26.